The Morgan fingerprint density at radius 3 is 3.14 bits per heavy atom. The molecule has 4 rings (SSSR count). The molecule has 1 saturated heterocycles. The maximum atomic E-state index is 5.87. The van der Waals surface area contributed by atoms with Crippen LogP contribution >= 0.6 is 0 Å². The van der Waals surface area contributed by atoms with Crippen LogP contribution < -0.4 is 4.74 Å². The van der Waals surface area contributed by atoms with Crippen LogP contribution in [0.4, 0.5) is 0 Å². The Hall–Kier alpha value is -2.07. The number of para-hydroxylation sites is 1. The Balaban J connectivity index is 1.44. The molecule has 114 valence electrons. The molecule has 1 fully saturated rings. The van der Waals surface area contributed by atoms with E-state index in [9.17, 15) is 0 Å². The second-order valence-corrected chi connectivity index (χ2v) is 6.22. The Kier molecular flexibility index (Phi) is 3.69. The lowest BCUT2D eigenvalue weighted by molar-refractivity contribution is 0.213. The molecular formula is C18H21N3O. The van der Waals surface area contributed by atoms with Crippen LogP contribution in [0, 0.1) is 0 Å². The fraction of sp³-hybridized carbons (Fsp3) is 0.389. The van der Waals surface area contributed by atoms with Gasteiger partial charge in [-0.05, 0) is 43.2 Å². The maximum absolute atomic E-state index is 5.87. The van der Waals surface area contributed by atoms with E-state index in [2.05, 4.69) is 39.4 Å². The summed E-state index contributed by atoms with van der Waals surface area (Å²) in [5, 5.41) is 7.22. The van der Waals surface area contributed by atoms with E-state index in [0.29, 0.717) is 12.5 Å². The number of likely N-dealkylation sites (tertiary alicyclic amines) is 1. The summed E-state index contributed by atoms with van der Waals surface area (Å²) in [5.41, 5.74) is 3.83. The minimum atomic E-state index is 0.577. The van der Waals surface area contributed by atoms with Gasteiger partial charge in [0.1, 0.15) is 12.4 Å². The number of hydrogen-bond donors (Lipinski definition) is 1. The lowest BCUT2D eigenvalue weighted by atomic mass is 9.94. The largest absolute Gasteiger partial charge is 0.489 e. The zero-order chi connectivity index (χ0) is 14.8. The Labute approximate surface area is 130 Å². The van der Waals surface area contributed by atoms with Crippen molar-refractivity contribution in [2.24, 2.45) is 0 Å². The van der Waals surface area contributed by atoms with E-state index in [4.69, 9.17) is 4.74 Å². The van der Waals surface area contributed by atoms with Crippen LogP contribution in [-0.2, 0) is 0 Å². The standard InChI is InChI=1S/C18H21N3O/c1-2-6-18-15(4-1)10-14(13-22-18)11-21-9-3-5-16(12-21)17-7-8-19-20-17/h1-2,4,6-8,10,16H,3,5,9,11-13H2,(H,19,20). The first-order valence-corrected chi connectivity index (χ1v) is 8.01. The highest BCUT2D eigenvalue weighted by Crippen LogP contribution is 2.28. The highest BCUT2D eigenvalue weighted by Gasteiger charge is 2.23. The summed E-state index contributed by atoms with van der Waals surface area (Å²) in [6, 6.07) is 10.4. The Bertz CT molecular complexity index is 663. The SMILES string of the molecule is C1=C(CN2CCCC(c3ccn[nH]3)C2)COc2ccccc21. The summed E-state index contributed by atoms with van der Waals surface area (Å²) in [7, 11) is 0. The van der Waals surface area contributed by atoms with Gasteiger partial charge in [-0.3, -0.25) is 10.00 Å². The zero-order valence-corrected chi connectivity index (χ0v) is 12.7. The van der Waals surface area contributed by atoms with E-state index in [0.717, 1.165) is 18.8 Å². The normalized spacial score (nSPS) is 21.8. The first-order chi connectivity index (χ1) is 10.9. The van der Waals surface area contributed by atoms with Crippen molar-refractivity contribution in [3.63, 3.8) is 0 Å². The third-order valence-corrected chi connectivity index (χ3v) is 4.59. The predicted molar refractivity (Wildman–Crippen MR) is 86.9 cm³/mol. The van der Waals surface area contributed by atoms with E-state index in [1.54, 1.807) is 0 Å². The first kappa shape index (κ1) is 13.6. The highest BCUT2D eigenvalue weighted by molar-refractivity contribution is 5.62. The molecule has 4 heteroatoms. The van der Waals surface area contributed by atoms with Gasteiger partial charge in [-0.1, -0.05) is 18.2 Å². The quantitative estimate of drug-likeness (QED) is 0.946. The van der Waals surface area contributed by atoms with Gasteiger partial charge in [0, 0.05) is 36.5 Å². The van der Waals surface area contributed by atoms with Crippen LogP contribution in [0.15, 0.2) is 42.1 Å². The molecule has 2 aliphatic heterocycles. The maximum Gasteiger partial charge on any atom is 0.127 e. The average Bonchev–Trinajstić information content (AvgIpc) is 3.10. The van der Waals surface area contributed by atoms with Crippen molar-refractivity contribution in [2.45, 2.75) is 18.8 Å². The third kappa shape index (κ3) is 2.79. The summed E-state index contributed by atoms with van der Waals surface area (Å²) in [6.45, 7) is 3.98. The zero-order valence-electron chi connectivity index (χ0n) is 12.7. The lowest BCUT2D eigenvalue weighted by Gasteiger charge is -2.33. The minimum absolute atomic E-state index is 0.577. The van der Waals surface area contributed by atoms with Gasteiger partial charge >= 0.3 is 0 Å². The topological polar surface area (TPSA) is 41.2 Å². The van der Waals surface area contributed by atoms with Crippen LogP contribution in [0.1, 0.15) is 30.0 Å². The van der Waals surface area contributed by atoms with E-state index < -0.39 is 0 Å². The third-order valence-electron chi connectivity index (χ3n) is 4.59. The van der Waals surface area contributed by atoms with Crippen molar-refractivity contribution >= 4 is 6.08 Å². The Morgan fingerprint density at radius 2 is 2.23 bits per heavy atom. The summed E-state index contributed by atoms with van der Waals surface area (Å²) in [5.74, 6) is 1.58. The Morgan fingerprint density at radius 1 is 1.27 bits per heavy atom. The van der Waals surface area contributed by atoms with E-state index >= 15 is 0 Å². The van der Waals surface area contributed by atoms with E-state index in [1.807, 2.05) is 18.3 Å². The minimum Gasteiger partial charge on any atom is -0.489 e. The van der Waals surface area contributed by atoms with Crippen LogP contribution in [0.2, 0.25) is 0 Å². The second-order valence-electron chi connectivity index (χ2n) is 6.22. The van der Waals surface area contributed by atoms with Gasteiger partial charge in [-0.15, -0.1) is 0 Å². The van der Waals surface area contributed by atoms with Gasteiger partial charge in [0.05, 0.1) is 0 Å². The van der Waals surface area contributed by atoms with E-state index in [-0.39, 0.29) is 0 Å². The van der Waals surface area contributed by atoms with E-state index in [1.165, 1.54) is 36.2 Å². The van der Waals surface area contributed by atoms with Crippen molar-refractivity contribution in [1.29, 1.82) is 0 Å². The molecular weight excluding hydrogens is 274 g/mol. The average molecular weight is 295 g/mol. The second kappa shape index (κ2) is 5.97. The molecule has 1 unspecified atom stereocenters. The van der Waals surface area contributed by atoms with Crippen molar-refractivity contribution in [3.05, 3.63) is 53.4 Å². The van der Waals surface area contributed by atoms with Gasteiger partial charge in [0.15, 0.2) is 0 Å². The number of fused-ring (bicyclic) bond motifs is 1. The molecule has 0 aliphatic carbocycles. The number of aromatic nitrogens is 2. The van der Waals surface area contributed by atoms with Crippen molar-refractivity contribution in [1.82, 2.24) is 15.1 Å². The van der Waals surface area contributed by atoms with Crippen LogP contribution in [0.3, 0.4) is 0 Å². The molecule has 0 radical (unpaired) electrons. The molecule has 0 saturated carbocycles. The van der Waals surface area contributed by atoms with Crippen LogP contribution in [0.5, 0.6) is 5.75 Å². The molecule has 22 heavy (non-hydrogen) atoms. The molecule has 1 atom stereocenters. The number of piperidine rings is 1. The van der Waals surface area contributed by atoms with Crippen molar-refractivity contribution in [3.8, 4) is 5.75 Å². The van der Waals surface area contributed by atoms with Crippen molar-refractivity contribution < 1.29 is 4.74 Å². The molecule has 4 nitrogen and oxygen atoms in total. The fourth-order valence-electron chi connectivity index (χ4n) is 3.49. The van der Waals surface area contributed by atoms with Gasteiger partial charge < -0.3 is 4.74 Å². The lowest BCUT2D eigenvalue weighted by Crippen LogP contribution is -2.36. The number of H-pyrrole nitrogens is 1. The molecule has 2 aromatic rings. The van der Waals surface area contributed by atoms with Gasteiger partial charge in [-0.25, -0.2) is 0 Å². The number of aromatic amines is 1. The fourth-order valence-corrected chi connectivity index (χ4v) is 3.49. The number of ether oxygens (including phenoxy) is 1. The molecule has 1 N–H and O–H groups in total. The highest BCUT2D eigenvalue weighted by atomic mass is 16.5. The number of rotatable bonds is 3. The predicted octanol–water partition coefficient (Wildman–Crippen LogP) is 3.07. The first-order valence-electron chi connectivity index (χ1n) is 8.01. The molecule has 1 aromatic carbocycles. The molecule has 2 aliphatic rings. The van der Waals surface area contributed by atoms with Gasteiger partial charge in [0.2, 0.25) is 0 Å². The smallest absolute Gasteiger partial charge is 0.127 e. The number of nitrogens with zero attached hydrogens (tertiary/aromatic N) is 2. The monoisotopic (exact) mass is 295 g/mol. The van der Waals surface area contributed by atoms with Gasteiger partial charge in [-0.2, -0.15) is 5.10 Å². The van der Waals surface area contributed by atoms with Crippen LogP contribution in [-0.4, -0.2) is 41.3 Å². The number of benzene rings is 1. The molecule has 0 spiro atoms. The summed E-state index contributed by atoms with van der Waals surface area (Å²) >= 11 is 0. The van der Waals surface area contributed by atoms with Crippen LogP contribution in [0.25, 0.3) is 6.08 Å². The molecule has 3 heterocycles. The number of hydrogen-bond acceptors (Lipinski definition) is 3. The summed E-state index contributed by atoms with van der Waals surface area (Å²) in [6.07, 6.45) is 6.63. The van der Waals surface area contributed by atoms with Gasteiger partial charge in [0.25, 0.3) is 0 Å². The summed E-state index contributed by atoms with van der Waals surface area (Å²) in [4.78, 5) is 2.54. The number of nitrogens with one attached hydrogen (secondary N) is 1. The van der Waals surface area contributed by atoms with Crippen molar-refractivity contribution in [2.75, 3.05) is 26.2 Å². The summed E-state index contributed by atoms with van der Waals surface area (Å²) < 4.78 is 5.87. The molecule has 0 amide bonds. The molecule has 0 bridgehead atoms. The molecule has 1 aromatic heterocycles.